The first-order valence-electron chi connectivity index (χ1n) is 15.0. The highest BCUT2D eigenvalue weighted by molar-refractivity contribution is 5.83. The van der Waals surface area contributed by atoms with E-state index in [1.807, 2.05) is 24.3 Å². The van der Waals surface area contributed by atoms with E-state index < -0.39 is 0 Å². The molecule has 3 heteroatoms. The normalized spacial score (nSPS) is 13.4. The van der Waals surface area contributed by atoms with Crippen LogP contribution in [0.5, 0.6) is 0 Å². The third-order valence-corrected chi connectivity index (χ3v) is 8.72. The molecule has 0 radical (unpaired) electrons. The largest absolute Gasteiger partial charge is 0.208 e. The Hall–Kier alpha value is -4.89. The van der Waals surface area contributed by atoms with Gasteiger partial charge < -0.3 is 0 Å². The van der Waals surface area contributed by atoms with E-state index in [0.29, 0.717) is 17.5 Å². The van der Waals surface area contributed by atoms with Gasteiger partial charge >= 0.3 is 0 Å². The second kappa shape index (κ2) is 10.1. The molecule has 210 valence electrons. The predicted molar refractivity (Wildman–Crippen MR) is 178 cm³/mol. The van der Waals surface area contributed by atoms with Crippen LogP contribution in [0.2, 0.25) is 0 Å². The molecule has 1 heterocycles. The van der Waals surface area contributed by atoms with E-state index in [1.165, 1.54) is 33.4 Å². The molecule has 0 atom stereocenters. The van der Waals surface area contributed by atoms with Crippen LogP contribution in [0.4, 0.5) is 0 Å². The number of fused-ring (bicyclic) bond motifs is 3. The maximum absolute atomic E-state index is 5.05. The fourth-order valence-corrected chi connectivity index (χ4v) is 6.14. The van der Waals surface area contributed by atoms with Gasteiger partial charge in [0.05, 0.1) is 0 Å². The molecule has 0 N–H and O–H groups in total. The van der Waals surface area contributed by atoms with Gasteiger partial charge in [0.15, 0.2) is 17.5 Å². The Morgan fingerprint density at radius 3 is 1.44 bits per heavy atom. The molecule has 7 rings (SSSR count). The molecule has 0 saturated heterocycles. The van der Waals surface area contributed by atoms with Crippen LogP contribution < -0.4 is 0 Å². The molecule has 1 aliphatic rings. The third-order valence-electron chi connectivity index (χ3n) is 8.72. The summed E-state index contributed by atoms with van der Waals surface area (Å²) < 4.78 is 0. The van der Waals surface area contributed by atoms with Gasteiger partial charge in [-0.25, -0.2) is 15.0 Å². The molecule has 3 nitrogen and oxygen atoms in total. The van der Waals surface area contributed by atoms with Crippen LogP contribution in [0.1, 0.15) is 51.3 Å². The van der Waals surface area contributed by atoms with Crippen molar-refractivity contribution in [1.29, 1.82) is 0 Å². The maximum atomic E-state index is 5.05. The summed E-state index contributed by atoms with van der Waals surface area (Å²) >= 11 is 0. The fraction of sp³-hybridized carbons (Fsp3) is 0.175. The van der Waals surface area contributed by atoms with Crippen molar-refractivity contribution in [3.63, 3.8) is 0 Å². The molecule has 0 amide bonds. The molecule has 5 aromatic carbocycles. The summed E-state index contributed by atoms with van der Waals surface area (Å²) in [6, 6.07) is 42.7. The summed E-state index contributed by atoms with van der Waals surface area (Å²) in [5, 5.41) is 0. The van der Waals surface area contributed by atoms with Gasteiger partial charge in [0.1, 0.15) is 0 Å². The fourth-order valence-electron chi connectivity index (χ4n) is 6.14. The number of benzene rings is 5. The summed E-state index contributed by atoms with van der Waals surface area (Å²) in [5.41, 5.74) is 11.9. The molecule has 0 fully saturated rings. The van der Waals surface area contributed by atoms with Gasteiger partial charge in [-0.1, -0.05) is 150 Å². The van der Waals surface area contributed by atoms with Gasteiger partial charge in [-0.05, 0) is 50.4 Å². The van der Waals surface area contributed by atoms with Gasteiger partial charge in [0.25, 0.3) is 0 Å². The van der Waals surface area contributed by atoms with E-state index >= 15 is 0 Å². The summed E-state index contributed by atoms with van der Waals surface area (Å²) in [7, 11) is 0. The average Bonchev–Trinajstić information content (AvgIpc) is 3.26. The number of rotatable bonds is 4. The van der Waals surface area contributed by atoms with Crippen LogP contribution in [0.15, 0.2) is 121 Å². The van der Waals surface area contributed by atoms with E-state index in [4.69, 9.17) is 15.0 Å². The zero-order chi connectivity index (χ0) is 29.8. The Balaban J connectivity index is 1.33. The minimum atomic E-state index is -0.132. The lowest BCUT2D eigenvalue weighted by Gasteiger charge is -2.25. The maximum Gasteiger partial charge on any atom is 0.164 e. The molecule has 6 aromatic rings. The molecule has 0 aliphatic heterocycles. The molecule has 0 saturated carbocycles. The molecule has 1 aromatic heterocycles. The van der Waals surface area contributed by atoms with Gasteiger partial charge in [-0.2, -0.15) is 0 Å². The van der Waals surface area contributed by atoms with Gasteiger partial charge in [-0.3, -0.25) is 0 Å². The molecule has 1 aliphatic carbocycles. The van der Waals surface area contributed by atoms with E-state index in [2.05, 4.69) is 132 Å². The second-order valence-corrected chi connectivity index (χ2v) is 13.0. The Morgan fingerprint density at radius 2 is 0.860 bits per heavy atom. The lowest BCUT2D eigenvalue weighted by atomic mass is 9.79. The first kappa shape index (κ1) is 27.0. The monoisotopic (exact) mass is 557 g/mol. The van der Waals surface area contributed by atoms with E-state index in [9.17, 15) is 0 Å². The van der Waals surface area contributed by atoms with Crippen molar-refractivity contribution < 1.29 is 0 Å². The van der Waals surface area contributed by atoms with Crippen molar-refractivity contribution in [3.8, 4) is 56.4 Å². The Morgan fingerprint density at radius 1 is 0.442 bits per heavy atom. The van der Waals surface area contributed by atoms with Crippen molar-refractivity contribution in [3.05, 3.63) is 138 Å². The summed E-state index contributed by atoms with van der Waals surface area (Å²) in [6.45, 7) is 11.5. The zero-order valence-electron chi connectivity index (χ0n) is 25.4. The lowest BCUT2D eigenvalue weighted by molar-refractivity contribution is 0.584. The van der Waals surface area contributed by atoms with Crippen LogP contribution in [0, 0.1) is 0 Å². The Bertz CT molecular complexity index is 1950. The zero-order valence-corrected chi connectivity index (χ0v) is 25.4. The minimum absolute atomic E-state index is 0.0967. The second-order valence-electron chi connectivity index (χ2n) is 13.0. The molecular formula is C40H35N3. The first-order chi connectivity index (χ1) is 20.7. The molecule has 0 unspecified atom stereocenters. The number of nitrogens with zero attached hydrogens (tertiary/aromatic N) is 3. The van der Waals surface area contributed by atoms with Crippen molar-refractivity contribution in [2.75, 3.05) is 0 Å². The SMILES string of the molecule is CC(C)(C)c1ccc2c(c1)C(C)(C)c1cc(-c3nc(-c4ccccc4)nc(-c4ccc(-c5ccccc5)cc4)n3)ccc1-2. The van der Waals surface area contributed by atoms with E-state index in [0.717, 1.165) is 22.3 Å². The lowest BCUT2D eigenvalue weighted by Crippen LogP contribution is -2.17. The highest BCUT2D eigenvalue weighted by Gasteiger charge is 2.36. The minimum Gasteiger partial charge on any atom is -0.208 e. The average molecular weight is 558 g/mol. The van der Waals surface area contributed by atoms with Crippen molar-refractivity contribution in [2.45, 2.75) is 45.4 Å². The Kier molecular flexibility index (Phi) is 6.36. The quantitative estimate of drug-likeness (QED) is 0.216. The molecule has 0 spiro atoms. The van der Waals surface area contributed by atoms with Crippen molar-refractivity contribution >= 4 is 0 Å². The van der Waals surface area contributed by atoms with Gasteiger partial charge in [0, 0.05) is 22.1 Å². The highest BCUT2D eigenvalue weighted by Crippen LogP contribution is 2.50. The molecule has 0 bridgehead atoms. The summed E-state index contributed by atoms with van der Waals surface area (Å²) in [6.07, 6.45) is 0. The number of hydrogen-bond acceptors (Lipinski definition) is 3. The van der Waals surface area contributed by atoms with Crippen LogP contribution >= 0.6 is 0 Å². The predicted octanol–water partition coefficient (Wildman–Crippen LogP) is 10.1. The van der Waals surface area contributed by atoms with Gasteiger partial charge in [-0.15, -0.1) is 0 Å². The van der Waals surface area contributed by atoms with E-state index in [1.54, 1.807) is 0 Å². The molecule has 43 heavy (non-hydrogen) atoms. The standard InChI is InChI=1S/C40H35N3/c1-39(2,3)31-21-23-33-32-22-20-30(24-34(32)40(4,5)35(33)25-31)38-42-36(28-14-10-7-11-15-28)41-37(43-38)29-18-16-27(17-19-29)26-12-8-6-9-13-26/h6-25H,1-5H3. The van der Waals surface area contributed by atoms with Crippen molar-refractivity contribution in [1.82, 2.24) is 15.0 Å². The number of aromatic nitrogens is 3. The van der Waals surface area contributed by atoms with Gasteiger partial charge in [0.2, 0.25) is 0 Å². The first-order valence-corrected chi connectivity index (χ1v) is 15.0. The highest BCUT2D eigenvalue weighted by atomic mass is 15.0. The smallest absolute Gasteiger partial charge is 0.164 e. The summed E-state index contributed by atoms with van der Waals surface area (Å²) in [5.74, 6) is 2.02. The van der Waals surface area contributed by atoms with Crippen molar-refractivity contribution in [2.24, 2.45) is 0 Å². The van der Waals surface area contributed by atoms with Crippen LogP contribution in [-0.2, 0) is 10.8 Å². The summed E-state index contributed by atoms with van der Waals surface area (Å²) in [4.78, 5) is 15.0. The van der Waals surface area contributed by atoms with Crippen LogP contribution in [-0.4, -0.2) is 15.0 Å². The van der Waals surface area contributed by atoms with Crippen LogP contribution in [0.3, 0.4) is 0 Å². The van der Waals surface area contributed by atoms with Crippen LogP contribution in [0.25, 0.3) is 56.4 Å². The number of hydrogen-bond donors (Lipinski definition) is 0. The third kappa shape index (κ3) is 4.85. The molecular weight excluding hydrogens is 522 g/mol. The topological polar surface area (TPSA) is 38.7 Å². The van der Waals surface area contributed by atoms with E-state index in [-0.39, 0.29) is 10.8 Å². The Labute approximate surface area is 254 Å².